The fourth-order valence-electron chi connectivity index (χ4n) is 2.15. The number of rotatable bonds is 4. The van der Waals surface area contributed by atoms with Crippen LogP contribution in [0.25, 0.3) is 0 Å². The molecule has 1 aromatic rings. The Bertz CT molecular complexity index is 513. The second-order valence-electron chi connectivity index (χ2n) is 4.58. The third-order valence-electron chi connectivity index (χ3n) is 2.85. The lowest BCUT2D eigenvalue weighted by Gasteiger charge is -2.25. The van der Waals surface area contributed by atoms with Crippen molar-refractivity contribution in [2.75, 3.05) is 32.9 Å². The van der Waals surface area contributed by atoms with Gasteiger partial charge in [-0.05, 0) is 26.9 Å². The third kappa shape index (κ3) is 2.63. The van der Waals surface area contributed by atoms with Crippen LogP contribution in [-0.4, -0.2) is 61.0 Å². The number of nitrogen functional groups attached to an aromatic ring is 1. The minimum atomic E-state index is -3.54. The predicted octanol–water partition coefficient (Wildman–Crippen LogP) is -0.165. The standard InChI is InChI=1S/C9H17N5O2S2/c1-13(2)6-7-4-3-5-14(7)18(15,16)9-12-11-8(10)17-9/h7H,3-6H2,1-2H3,(H2,10,11). The van der Waals surface area contributed by atoms with Crippen molar-refractivity contribution in [2.45, 2.75) is 23.2 Å². The van der Waals surface area contributed by atoms with Crippen LogP contribution in [0, 0.1) is 0 Å². The molecule has 1 atom stereocenters. The molecular formula is C9H17N5O2S2. The van der Waals surface area contributed by atoms with Gasteiger partial charge in [0.2, 0.25) is 9.47 Å². The zero-order chi connectivity index (χ0) is 13.3. The van der Waals surface area contributed by atoms with Crippen LogP contribution in [0.2, 0.25) is 0 Å². The monoisotopic (exact) mass is 291 g/mol. The average Bonchev–Trinajstić information content (AvgIpc) is 2.86. The second kappa shape index (κ2) is 5.08. The first-order valence-electron chi connectivity index (χ1n) is 5.67. The van der Waals surface area contributed by atoms with Crippen molar-refractivity contribution < 1.29 is 8.42 Å². The Hall–Kier alpha value is -0.770. The van der Waals surface area contributed by atoms with Crippen molar-refractivity contribution in [3.8, 4) is 0 Å². The molecule has 0 aliphatic carbocycles. The van der Waals surface area contributed by atoms with Gasteiger partial charge in [-0.1, -0.05) is 11.3 Å². The maximum absolute atomic E-state index is 12.4. The van der Waals surface area contributed by atoms with Crippen LogP contribution in [0.15, 0.2) is 4.34 Å². The summed E-state index contributed by atoms with van der Waals surface area (Å²) in [6.45, 7) is 1.26. The summed E-state index contributed by atoms with van der Waals surface area (Å²) in [5.74, 6) is 0. The maximum atomic E-state index is 12.4. The average molecular weight is 291 g/mol. The summed E-state index contributed by atoms with van der Waals surface area (Å²) < 4.78 is 26.3. The Morgan fingerprint density at radius 3 is 2.78 bits per heavy atom. The van der Waals surface area contributed by atoms with E-state index in [9.17, 15) is 8.42 Å². The van der Waals surface area contributed by atoms with Crippen molar-refractivity contribution in [1.29, 1.82) is 0 Å². The number of nitrogens with two attached hydrogens (primary N) is 1. The molecule has 9 heteroatoms. The molecule has 102 valence electrons. The molecule has 1 fully saturated rings. The Kier molecular flexibility index (Phi) is 3.85. The molecule has 1 saturated heterocycles. The van der Waals surface area contributed by atoms with Crippen LogP contribution in [0.5, 0.6) is 0 Å². The Morgan fingerprint density at radius 1 is 1.50 bits per heavy atom. The van der Waals surface area contributed by atoms with E-state index in [4.69, 9.17) is 5.73 Å². The van der Waals surface area contributed by atoms with Crippen molar-refractivity contribution in [3.63, 3.8) is 0 Å². The molecule has 2 rings (SSSR count). The first kappa shape index (κ1) is 13.7. The third-order valence-corrected chi connectivity index (χ3v) is 5.90. The van der Waals surface area contributed by atoms with E-state index < -0.39 is 10.0 Å². The molecular weight excluding hydrogens is 274 g/mol. The lowest BCUT2D eigenvalue weighted by atomic mass is 10.2. The smallest absolute Gasteiger partial charge is 0.272 e. The van der Waals surface area contributed by atoms with E-state index in [1.807, 2.05) is 19.0 Å². The lowest BCUT2D eigenvalue weighted by Crippen LogP contribution is -2.41. The van der Waals surface area contributed by atoms with Gasteiger partial charge in [-0.25, -0.2) is 8.42 Å². The molecule has 0 aromatic carbocycles. The molecule has 0 spiro atoms. The highest BCUT2D eigenvalue weighted by atomic mass is 32.2. The molecule has 2 N–H and O–H groups in total. The summed E-state index contributed by atoms with van der Waals surface area (Å²) in [6.07, 6.45) is 1.76. The highest BCUT2D eigenvalue weighted by Crippen LogP contribution is 2.28. The summed E-state index contributed by atoms with van der Waals surface area (Å²) in [6, 6.07) is 0.00937. The number of likely N-dealkylation sites (N-methyl/N-ethyl adjacent to an activating group) is 1. The van der Waals surface area contributed by atoms with Gasteiger partial charge >= 0.3 is 0 Å². The van der Waals surface area contributed by atoms with Crippen molar-refractivity contribution in [1.82, 2.24) is 19.4 Å². The van der Waals surface area contributed by atoms with Gasteiger partial charge < -0.3 is 10.6 Å². The van der Waals surface area contributed by atoms with Crippen LogP contribution in [0.3, 0.4) is 0 Å². The van der Waals surface area contributed by atoms with Crippen molar-refractivity contribution in [2.24, 2.45) is 0 Å². The number of nitrogens with zero attached hydrogens (tertiary/aromatic N) is 4. The second-order valence-corrected chi connectivity index (χ2v) is 7.65. The van der Waals surface area contributed by atoms with Crippen LogP contribution < -0.4 is 5.73 Å². The molecule has 1 aliphatic heterocycles. The van der Waals surface area contributed by atoms with E-state index in [0.717, 1.165) is 24.2 Å². The van der Waals surface area contributed by atoms with Crippen molar-refractivity contribution >= 4 is 26.5 Å². The summed E-state index contributed by atoms with van der Waals surface area (Å²) >= 11 is 0.915. The van der Waals surface area contributed by atoms with Gasteiger partial charge in [0.15, 0.2) is 0 Å². The van der Waals surface area contributed by atoms with Crippen LogP contribution in [0.1, 0.15) is 12.8 Å². The van der Waals surface area contributed by atoms with E-state index in [-0.39, 0.29) is 15.5 Å². The molecule has 0 amide bonds. The van der Waals surface area contributed by atoms with Crippen LogP contribution >= 0.6 is 11.3 Å². The highest BCUT2D eigenvalue weighted by molar-refractivity contribution is 7.91. The maximum Gasteiger partial charge on any atom is 0.272 e. The molecule has 2 heterocycles. The van der Waals surface area contributed by atoms with Gasteiger partial charge in [-0.15, -0.1) is 10.2 Å². The van der Waals surface area contributed by atoms with Crippen LogP contribution in [-0.2, 0) is 10.0 Å². The number of sulfonamides is 1. The normalized spacial score (nSPS) is 21.8. The summed E-state index contributed by atoms with van der Waals surface area (Å²) in [4.78, 5) is 1.99. The number of aromatic nitrogens is 2. The van der Waals surface area contributed by atoms with Crippen LogP contribution in [0.4, 0.5) is 5.13 Å². The number of hydrogen-bond donors (Lipinski definition) is 1. The largest absolute Gasteiger partial charge is 0.374 e. The molecule has 1 aliphatic rings. The van der Waals surface area contributed by atoms with Crippen molar-refractivity contribution in [3.05, 3.63) is 0 Å². The van der Waals surface area contributed by atoms with E-state index in [0.29, 0.717) is 13.1 Å². The summed E-state index contributed by atoms with van der Waals surface area (Å²) in [5, 5.41) is 7.39. The molecule has 7 nitrogen and oxygen atoms in total. The molecule has 18 heavy (non-hydrogen) atoms. The molecule has 1 aromatic heterocycles. The van der Waals surface area contributed by atoms with E-state index in [1.165, 1.54) is 4.31 Å². The lowest BCUT2D eigenvalue weighted by molar-refractivity contribution is 0.291. The number of anilines is 1. The molecule has 0 saturated carbocycles. The first-order chi connectivity index (χ1) is 8.41. The summed E-state index contributed by atoms with van der Waals surface area (Å²) in [5.41, 5.74) is 5.44. The van der Waals surface area contributed by atoms with Gasteiger partial charge in [-0.2, -0.15) is 4.31 Å². The van der Waals surface area contributed by atoms with Gasteiger partial charge in [0, 0.05) is 19.1 Å². The molecule has 1 unspecified atom stereocenters. The van der Waals surface area contributed by atoms with E-state index in [1.54, 1.807) is 0 Å². The molecule has 0 radical (unpaired) electrons. The minimum Gasteiger partial charge on any atom is -0.374 e. The Labute approximate surface area is 111 Å². The SMILES string of the molecule is CN(C)CC1CCCN1S(=O)(=O)c1nnc(N)s1. The van der Waals surface area contributed by atoms with E-state index in [2.05, 4.69) is 10.2 Å². The minimum absolute atomic E-state index is 0.00865. The first-order valence-corrected chi connectivity index (χ1v) is 7.92. The van der Waals surface area contributed by atoms with E-state index >= 15 is 0 Å². The van der Waals surface area contributed by atoms with Gasteiger partial charge in [-0.3, -0.25) is 0 Å². The fourth-order valence-corrected chi connectivity index (χ4v) is 4.74. The highest BCUT2D eigenvalue weighted by Gasteiger charge is 2.37. The zero-order valence-corrected chi connectivity index (χ0v) is 12.0. The van der Waals surface area contributed by atoms with Gasteiger partial charge in [0.1, 0.15) is 0 Å². The zero-order valence-electron chi connectivity index (χ0n) is 10.4. The predicted molar refractivity (Wildman–Crippen MR) is 69.8 cm³/mol. The Morgan fingerprint density at radius 2 is 2.22 bits per heavy atom. The quantitative estimate of drug-likeness (QED) is 0.828. The Balaban J connectivity index is 2.24. The number of hydrogen-bond acceptors (Lipinski definition) is 7. The summed E-state index contributed by atoms with van der Waals surface area (Å²) in [7, 11) is 0.332. The fraction of sp³-hybridized carbons (Fsp3) is 0.778. The molecule has 0 bridgehead atoms. The van der Waals surface area contributed by atoms with Gasteiger partial charge in [0.05, 0.1) is 0 Å². The van der Waals surface area contributed by atoms with Gasteiger partial charge in [0.25, 0.3) is 10.0 Å². The topological polar surface area (TPSA) is 92.4 Å².